The van der Waals surface area contributed by atoms with E-state index in [2.05, 4.69) is 25.4 Å². The van der Waals surface area contributed by atoms with E-state index in [-0.39, 0.29) is 5.69 Å². The van der Waals surface area contributed by atoms with Crippen molar-refractivity contribution >= 4 is 22.3 Å². The average molecular weight is 286 g/mol. The lowest BCUT2D eigenvalue weighted by molar-refractivity contribution is 0.852. The molecule has 0 spiro atoms. The summed E-state index contributed by atoms with van der Waals surface area (Å²) in [5, 5.41) is 16.0. The number of aromatic amines is 1. The molecule has 0 aliphatic heterocycles. The molecule has 1 N–H and O–H groups in total. The van der Waals surface area contributed by atoms with E-state index in [0.717, 1.165) is 5.56 Å². The van der Waals surface area contributed by atoms with Crippen LogP contribution in [0.5, 0.6) is 0 Å². The molecule has 0 aliphatic carbocycles. The van der Waals surface area contributed by atoms with Crippen molar-refractivity contribution in [1.29, 1.82) is 0 Å². The van der Waals surface area contributed by atoms with Gasteiger partial charge in [-0.2, -0.15) is 0 Å². The molecule has 0 aliphatic rings. The first kappa shape index (κ1) is 12.4. The maximum atomic E-state index is 11.8. The minimum Gasteiger partial charge on any atom is -0.304 e. The Labute approximate surface area is 117 Å². The average Bonchev–Trinajstić information content (AvgIpc) is 3.08. The summed E-state index contributed by atoms with van der Waals surface area (Å²) in [5.74, 6) is 0.455. The van der Waals surface area contributed by atoms with Gasteiger partial charge in [-0.15, -0.1) is 20.4 Å². The number of benzene rings is 1. The van der Waals surface area contributed by atoms with E-state index in [1.165, 1.54) is 15.9 Å². The van der Waals surface area contributed by atoms with E-state index in [9.17, 15) is 4.79 Å². The van der Waals surface area contributed by atoms with Gasteiger partial charge < -0.3 is 4.98 Å². The van der Waals surface area contributed by atoms with Gasteiger partial charge >= 0.3 is 5.69 Å². The molecular formula is C12H10N6OS. The summed E-state index contributed by atoms with van der Waals surface area (Å²) in [7, 11) is 1.64. The summed E-state index contributed by atoms with van der Waals surface area (Å²) < 4.78 is 1.41. The Hall–Kier alpha value is -2.61. The van der Waals surface area contributed by atoms with Crippen LogP contribution in [0.2, 0.25) is 0 Å². The third kappa shape index (κ3) is 2.28. The number of nitrogens with one attached hydrogen (secondary N) is 1. The number of aromatic nitrogens is 4. The largest absolute Gasteiger partial charge is 0.327 e. The first-order chi connectivity index (χ1) is 9.75. The molecule has 0 fully saturated rings. The van der Waals surface area contributed by atoms with Crippen LogP contribution >= 0.6 is 11.3 Å². The Balaban J connectivity index is 2.08. The minimum absolute atomic E-state index is 0.241. The standard InChI is InChI=1S/C12H10N6OS/c1-18-10(15-17-11-16-13-7-20-11)9(14-12(18)19)8-5-3-2-4-6-8/h2-7H,1H3,(H,14,19). The van der Waals surface area contributed by atoms with Crippen molar-refractivity contribution in [3.63, 3.8) is 0 Å². The molecule has 1 aromatic carbocycles. The third-order valence-electron chi connectivity index (χ3n) is 2.72. The van der Waals surface area contributed by atoms with E-state index in [0.29, 0.717) is 16.6 Å². The molecule has 8 heteroatoms. The van der Waals surface area contributed by atoms with Gasteiger partial charge in [-0.05, 0) is 0 Å². The second-order valence-electron chi connectivity index (χ2n) is 3.98. The van der Waals surface area contributed by atoms with Crippen LogP contribution in [0.1, 0.15) is 0 Å². The van der Waals surface area contributed by atoms with Crippen molar-refractivity contribution in [2.45, 2.75) is 0 Å². The Morgan fingerprint density at radius 1 is 1.25 bits per heavy atom. The molecule has 0 saturated heterocycles. The molecule has 0 unspecified atom stereocenters. The monoisotopic (exact) mass is 286 g/mol. The second kappa shape index (κ2) is 5.17. The highest BCUT2D eigenvalue weighted by atomic mass is 32.1. The van der Waals surface area contributed by atoms with E-state index in [4.69, 9.17) is 0 Å². The Morgan fingerprint density at radius 2 is 2.05 bits per heavy atom. The molecule has 0 atom stereocenters. The number of azo groups is 1. The Bertz CT molecular complexity index is 787. The second-order valence-corrected chi connectivity index (χ2v) is 4.79. The lowest BCUT2D eigenvalue weighted by atomic mass is 10.1. The van der Waals surface area contributed by atoms with Crippen molar-refractivity contribution in [1.82, 2.24) is 19.7 Å². The van der Waals surface area contributed by atoms with Crippen LogP contribution in [0.4, 0.5) is 10.9 Å². The summed E-state index contributed by atoms with van der Waals surface area (Å²) in [5.41, 5.74) is 2.83. The van der Waals surface area contributed by atoms with Crippen molar-refractivity contribution < 1.29 is 0 Å². The quantitative estimate of drug-likeness (QED) is 0.751. The van der Waals surface area contributed by atoms with Gasteiger partial charge in [-0.3, -0.25) is 4.57 Å². The molecule has 7 nitrogen and oxygen atoms in total. The first-order valence-corrected chi connectivity index (χ1v) is 6.66. The predicted molar refractivity (Wildman–Crippen MR) is 75.6 cm³/mol. The van der Waals surface area contributed by atoms with Crippen LogP contribution in [0.25, 0.3) is 11.3 Å². The van der Waals surface area contributed by atoms with Gasteiger partial charge in [0.15, 0.2) is 5.82 Å². The molecule has 2 aromatic heterocycles. The molecule has 3 rings (SSSR count). The molecule has 3 aromatic rings. The predicted octanol–water partition coefficient (Wildman–Crippen LogP) is 2.65. The topological polar surface area (TPSA) is 88.3 Å². The summed E-state index contributed by atoms with van der Waals surface area (Å²) in [6, 6.07) is 9.50. The number of H-pyrrole nitrogens is 1. The van der Waals surface area contributed by atoms with Gasteiger partial charge in [0.1, 0.15) is 5.51 Å². The molecule has 0 amide bonds. The zero-order valence-corrected chi connectivity index (χ0v) is 11.3. The number of nitrogens with zero attached hydrogens (tertiary/aromatic N) is 5. The van der Waals surface area contributed by atoms with Gasteiger partial charge in [0.25, 0.3) is 5.13 Å². The minimum atomic E-state index is -0.241. The highest BCUT2D eigenvalue weighted by Gasteiger charge is 2.12. The van der Waals surface area contributed by atoms with Crippen molar-refractivity contribution in [2.75, 3.05) is 0 Å². The van der Waals surface area contributed by atoms with Gasteiger partial charge in [0, 0.05) is 12.6 Å². The van der Waals surface area contributed by atoms with Crippen LogP contribution in [-0.2, 0) is 7.05 Å². The number of imidazole rings is 1. The number of hydrogen-bond donors (Lipinski definition) is 1. The molecule has 100 valence electrons. The van der Waals surface area contributed by atoms with Gasteiger partial charge in [0.05, 0.1) is 5.69 Å². The maximum Gasteiger partial charge on any atom is 0.327 e. The van der Waals surface area contributed by atoms with Crippen LogP contribution < -0.4 is 5.69 Å². The fourth-order valence-corrected chi connectivity index (χ4v) is 2.11. The van der Waals surface area contributed by atoms with Crippen LogP contribution in [0, 0.1) is 0 Å². The molecule has 0 bridgehead atoms. The molecule has 2 heterocycles. The van der Waals surface area contributed by atoms with Crippen LogP contribution in [0.15, 0.2) is 50.9 Å². The third-order valence-corrected chi connectivity index (χ3v) is 3.29. The normalized spacial score (nSPS) is 11.2. The van der Waals surface area contributed by atoms with Gasteiger partial charge in [-0.1, -0.05) is 41.7 Å². The summed E-state index contributed by atoms with van der Waals surface area (Å²) in [6.45, 7) is 0. The Morgan fingerprint density at radius 3 is 2.75 bits per heavy atom. The van der Waals surface area contributed by atoms with Crippen LogP contribution in [0.3, 0.4) is 0 Å². The summed E-state index contributed by atoms with van der Waals surface area (Å²) in [6.07, 6.45) is 0. The van der Waals surface area contributed by atoms with E-state index >= 15 is 0 Å². The van der Waals surface area contributed by atoms with E-state index in [1.807, 2.05) is 30.3 Å². The summed E-state index contributed by atoms with van der Waals surface area (Å²) in [4.78, 5) is 14.6. The smallest absolute Gasteiger partial charge is 0.304 e. The fraction of sp³-hybridized carbons (Fsp3) is 0.0833. The zero-order chi connectivity index (χ0) is 13.9. The molecule has 0 saturated carbocycles. The molecule has 0 radical (unpaired) electrons. The highest BCUT2D eigenvalue weighted by molar-refractivity contribution is 7.13. The van der Waals surface area contributed by atoms with Crippen molar-refractivity contribution in [2.24, 2.45) is 17.3 Å². The van der Waals surface area contributed by atoms with E-state index in [1.54, 1.807) is 12.6 Å². The molecular weight excluding hydrogens is 276 g/mol. The lowest BCUT2D eigenvalue weighted by Crippen LogP contribution is -2.11. The SMILES string of the molecule is Cn1c(N=Nc2nncs2)c(-c2ccccc2)[nH]c1=O. The van der Waals surface area contributed by atoms with E-state index < -0.39 is 0 Å². The maximum absolute atomic E-state index is 11.8. The number of rotatable bonds is 3. The Kier molecular flexibility index (Phi) is 3.21. The van der Waals surface area contributed by atoms with Gasteiger partial charge in [-0.25, -0.2) is 4.79 Å². The summed E-state index contributed by atoms with van der Waals surface area (Å²) >= 11 is 1.28. The number of hydrogen-bond acceptors (Lipinski definition) is 6. The lowest BCUT2D eigenvalue weighted by Gasteiger charge is -1.99. The highest BCUT2D eigenvalue weighted by Crippen LogP contribution is 2.28. The van der Waals surface area contributed by atoms with Gasteiger partial charge in [0.2, 0.25) is 0 Å². The fourth-order valence-electron chi connectivity index (χ4n) is 1.73. The van der Waals surface area contributed by atoms with Crippen molar-refractivity contribution in [3.05, 3.63) is 46.3 Å². The zero-order valence-electron chi connectivity index (χ0n) is 10.5. The first-order valence-electron chi connectivity index (χ1n) is 5.78. The van der Waals surface area contributed by atoms with Crippen molar-refractivity contribution in [3.8, 4) is 11.3 Å². The van der Waals surface area contributed by atoms with Crippen LogP contribution in [-0.4, -0.2) is 19.7 Å². The molecule has 20 heavy (non-hydrogen) atoms.